The molecule has 0 aromatic heterocycles. The van der Waals surface area contributed by atoms with Gasteiger partial charge in [0, 0.05) is 33.0 Å². The Balaban J connectivity index is 0.000000161. The van der Waals surface area contributed by atoms with Gasteiger partial charge >= 0.3 is 11.9 Å². The lowest BCUT2D eigenvalue weighted by molar-refractivity contribution is -0.141. The van der Waals surface area contributed by atoms with Crippen LogP contribution in [0.25, 0.3) is 21.5 Å². The molecule has 2 N–H and O–H groups in total. The summed E-state index contributed by atoms with van der Waals surface area (Å²) in [7, 11) is 0. The average molecular weight is 539 g/mol. The van der Waals surface area contributed by atoms with Crippen molar-refractivity contribution in [2.24, 2.45) is 0 Å². The van der Waals surface area contributed by atoms with Gasteiger partial charge in [-0.25, -0.2) is 9.59 Å². The van der Waals surface area contributed by atoms with Crippen molar-refractivity contribution in [3.05, 3.63) is 95.1 Å². The van der Waals surface area contributed by atoms with Gasteiger partial charge in [-0.15, -0.1) is 0 Å². The fraction of sp³-hybridized carbons (Fsp3) is 0.133. The fourth-order valence-corrected chi connectivity index (χ4v) is 5.02. The topological polar surface area (TPSA) is 149 Å². The molecule has 4 amide bonds. The van der Waals surface area contributed by atoms with Crippen molar-refractivity contribution < 1.29 is 39.0 Å². The molecular formula is C30H22N2O8. The molecule has 0 unspecified atom stereocenters. The summed E-state index contributed by atoms with van der Waals surface area (Å²) in [6.07, 6.45) is 0. The molecule has 0 saturated heterocycles. The van der Waals surface area contributed by atoms with Crippen LogP contribution in [0.4, 0.5) is 0 Å². The van der Waals surface area contributed by atoms with Crippen molar-refractivity contribution in [3.8, 4) is 0 Å². The Hall–Kier alpha value is -5.38. The van der Waals surface area contributed by atoms with E-state index in [-0.39, 0.29) is 0 Å². The van der Waals surface area contributed by atoms with Crippen molar-refractivity contribution in [2.75, 3.05) is 0 Å². The van der Waals surface area contributed by atoms with Gasteiger partial charge in [0.2, 0.25) is 0 Å². The number of rotatable bonds is 4. The molecule has 2 aliphatic rings. The van der Waals surface area contributed by atoms with Gasteiger partial charge in [0.15, 0.2) is 0 Å². The van der Waals surface area contributed by atoms with E-state index in [1.807, 2.05) is 24.3 Å². The minimum absolute atomic E-state index is 0.366. The summed E-state index contributed by atoms with van der Waals surface area (Å²) in [5, 5.41) is 20.9. The van der Waals surface area contributed by atoms with Crippen molar-refractivity contribution in [1.82, 2.24) is 9.80 Å². The third kappa shape index (κ3) is 3.97. The molecule has 40 heavy (non-hydrogen) atoms. The Bertz CT molecular complexity index is 1560. The zero-order valence-electron chi connectivity index (χ0n) is 21.3. The number of nitrogens with zero attached hydrogens (tertiary/aromatic N) is 2. The van der Waals surface area contributed by atoms with Crippen LogP contribution in [0.15, 0.2) is 72.8 Å². The number of benzene rings is 4. The molecule has 10 heteroatoms. The minimum atomic E-state index is -1.21. The van der Waals surface area contributed by atoms with Crippen molar-refractivity contribution in [2.45, 2.75) is 25.9 Å². The summed E-state index contributed by atoms with van der Waals surface area (Å²) >= 11 is 0. The van der Waals surface area contributed by atoms with Crippen molar-refractivity contribution >= 4 is 57.1 Å². The molecule has 2 aliphatic heterocycles. The van der Waals surface area contributed by atoms with E-state index in [1.165, 1.54) is 13.8 Å². The summed E-state index contributed by atoms with van der Waals surface area (Å²) < 4.78 is 0. The van der Waals surface area contributed by atoms with E-state index in [9.17, 15) is 28.8 Å². The Morgan fingerprint density at radius 1 is 0.525 bits per heavy atom. The average Bonchev–Trinajstić information content (AvgIpc) is 2.94. The number of hydrogen-bond donors (Lipinski definition) is 2. The predicted molar refractivity (Wildman–Crippen MR) is 143 cm³/mol. The first-order valence-corrected chi connectivity index (χ1v) is 12.3. The number of carboxylic acid groups (broad SMARTS) is 2. The molecule has 200 valence electrons. The van der Waals surface area contributed by atoms with Crippen molar-refractivity contribution in [3.63, 3.8) is 0 Å². The largest absolute Gasteiger partial charge is 0.480 e. The highest BCUT2D eigenvalue weighted by Crippen LogP contribution is 2.32. The van der Waals surface area contributed by atoms with Gasteiger partial charge < -0.3 is 10.2 Å². The highest BCUT2D eigenvalue weighted by molar-refractivity contribution is 6.27. The van der Waals surface area contributed by atoms with Crippen LogP contribution in [0.2, 0.25) is 0 Å². The first kappa shape index (κ1) is 26.2. The third-order valence-corrected chi connectivity index (χ3v) is 7.10. The Morgan fingerprint density at radius 3 is 1.00 bits per heavy atom. The van der Waals surface area contributed by atoms with Crippen LogP contribution < -0.4 is 0 Å². The molecule has 0 spiro atoms. The lowest BCUT2D eigenvalue weighted by Gasteiger charge is -2.29. The highest BCUT2D eigenvalue weighted by atomic mass is 16.4. The Labute approximate surface area is 227 Å². The SMILES string of the molecule is C[C@@H](C(=O)O)N1C(=O)c2cccc3cccc(c23)C1=O.C[C@@H](C(=O)O)N1C(=O)c2cccc3cccc(c23)C1=O. The number of imide groups is 2. The van der Waals surface area contributed by atoms with Crippen LogP contribution in [0.1, 0.15) is 55.3 Å². The molecule has 0 aliphatic carbocycles. The summed E-state index contributed by atoms with van der Waals surface area (Å²) in [5.41, 5.74) is 1.47. The molecule has 4 aromatic carbocycles. The number of carboxylic acids is 2. The van der Waals surface area contributed by atoms with Gasteiger partial charge in [-0.2, -0.15) is 0 Å². The van der Waals surface area contributed by atoms with Gasteiger partial charge in [0.25, 0.3) is 23.6 Å². The molecule has 0 fully saturated rings. The van der Waals surface area contributed by atoms with Crippen LogP contribution in [0.5, 0.6) is 0 Å². The normalized spacial score (nSPS) is 15.6. The number of carbonyl (C=O) groups excluding carboxylic acids is 4. The lowest BCUT2D eigenvalue weighted by atomic mass is 9.93. The third-order valence-electron chi connectivity index (χ3n) is 7.10. The molecule has 2 atom stereocenters. The van der Waals surface area contributed by atoms with Gasteiger partial charge in [0.1, 0.15) is 12.1 Å². The molecule has 0 radical (unpaired) electrons. The molecule has 2 heterocycles. The minimum Gasteiger partial charge on any atom is -0.480 e. The fourth-order valence-electron chi connectivity index (χ4n) is 5.02. The maximum Gasteiger partial charge on any atom is 0.326 e. The van der Waals surface area contributed by atoms with E-state index >= 15 is 0 Å². The quantitative estimate of drug-likeness (QED) is 0.373. The first-order chi connectivity index (χ1) is 19.0. The molecule has 10 nitrogen and oxygen atoms in total. The number of hydrogen-bond acceptors (Lipinski definition) is 6. The maximum absolute atomic E-state index is 12.4. The van der Waals surface area contributed by atoms with Crippen LogP contribution in [0.3, 0.4) is 0 Å². The second-order valence-electron chi connectivity index (χ2n) is 9.41. The number of carbonyl (C=O) groups is 6. The number of amides is 4. The smallest absolute Gasteiger partial charge is 0.326 e. The van der Waals surface area contributed by atoms with E-state index in [1.54, 1.807) is 48.5 Å². The molecule has 6 rings (SSSR count). The van der Waals surface area contributed by atoms with E-state index in [0.717, 1.165) is 20.6 Å². The Kier molecular flexibility index (Phi) is 6.39. The maximum atomic E-state index is 12.4. The lowest BCUT2D eigenvalue weighted by Crippen LogP contribution is -2.49. The van der Waals surface area contributed by atoms with Crippen LogP contribution in [0, 0.1) is 0 Å². The van der Waals surface area contributed by atoms with Crippen LogP contribution in [-0.2, 0) is 9.59 Å². The highest BCUT2D eigenvalue weighted by Gasteiger charge is 2.39. The standard InChI is InChI=1S/2C15H11NO4/c2*1-8(15(19)20)16-13(17)10-6-2-4-9-5-3-7-11(12(9)10)14(16)18/h2*2-8H,1H3,(H,19,20)/t2*8-/m00/s1. The monoisotopic (exact) mass is 538 g/mol. The van der Waals surface area contributed by atoms with Gasteiger partial charge in [-0.05, 0) is 48.9 Å². The summed E-state index contributed by atoms with van der Waals surface area (Å²) in [6, 6.07) is 18.2. The van der Waals surface area contributed by atoms with E-state index in [0.29, 0.717) is 33.0 Å². The second-order valence-corrected chi connectivity index (χ2v) is 9.41. The van der Waals surface area contributed by atoms with Crippen LogP contribution in [-0.4, -0.2) is 67.7 Å². The van der Waals surface area contributed by atoms with Gasteiger partial charge in [-0.3, -0.25) is 29.0 Å². The number of aliphatic carboxylic acids is 2. The van der Waals surface area contributed by atoms with E-state index in [4.69, 9.17) is 10.2 Å². The second kappa shape index (κ2) is 9.73. The Morgan fingerprint density at radius 2 is 0.775 bits per heavy atom. The van der Waals surface area contributed by atoms with Gasteiger partial charge in [0.05, 0.1) is 0 Å². The van der Waals surface area contributed by atoms with E-state index in [2.05, 4.69) is 0 Å². The van der Waals surface area contributed by atoms with Crippen molar-refractivity contribution in [1.29, 1.82) is 0 Å². The van der Waals surface area contributed by atoms with Crippen LogP contribution >= 0.6 is 0 Å². The summed E-state index contributed by atoms with van der Waals surface area (Å²) in [5.74, 6) is -4.66. The van der Waals surface area contributed by atoms with Gasteiger partial charge in [-0.1, -0.05) is 48.5 Å². The first-order valence-electron chi connectivity index (χ1n) is 12.3. The predicted octanol–water partition coefficient (Wildman–Crippen LogP) is 3.82. The zero-order chi connectivity index (χ0) is 28.9. The summed E-state index contributed by atoms with van der Waals surface area (Å²) in [6.45, 7) is 2.65. The van der Waals surface area contributed by atoms with E-state index < -0.39 is 47.7 Å². The molecule has 4 aromatic rings. The molecule has 0 bridgehead atoms. The zero-order valence-corrected chi connectivity index (χ0v) is 21.3. The molecule has 0 saturated carbocycles. The summed E-state index contributed by atoms with van der Waals surface area (Å²) in [4.78, 5) is 73.4. The molecular weight excluding hydrogens is 516 g/mol.